The summed E-state index contributed by atoms with van der Waals surface area (Å²) in [5.41, 5.74) is 0. The third-order valence-electron chi connectivity index (χ3n) is 0.706. The molecule has 0 aliphatic heterocycles. The standard InChI is InChI=1S/C5H11NO4S/c1-3-4-10-5(7)6-11(2,8)9/h3-4H2,1-2H3,(H,6,7). The molecule has 0 aromatic heterocycles. The van der Waals surface area contributed by atoms with Gasteiger partial charge in [0.05, 0.1) is 12.9 Å². The first-order valence-corrected chi connectivity index (χ1v) is 4.99. The smallest absolute Gasteiger partial charge is 0.420 e. The highest BCUT2D eigenvalue weighted by Gasteiger charge is 2.07. The van der Waals surface area contributed by atoms with Crippen LogP contribution in [-0.4, -0.2) is 27.4 Å². The maximum Gasteiger partial charge on any atom is 0.420 e. The van der Waals surface area contributed by atoms with E-state index in [1.165, 1.54) is 0 Å². The molecule has 1 N–H and O–H groups in total. The lowest BCUT2D eigenvalue weighted by atomic mass is 10.5. The molecule has 6 heteroatoms. The van der Waals surface area contributed by atoms with Crippen molar-refractivity contribution < 1.29 is 17.9 Å². The predicted octanol–water partition coefficient (Wildman–Crippen LogP) is 0.0822. The zero-order valence-corrected chi connectivity index (χ0v) is 7.27. The van der Waals surface area contributed by atoms with Crippen LogP contribution < -0.4 is 4.72 Å². The lowest BCUT2D eigenvalue weighted by Gasteiger charge is -2.02. The van der Waals surface area contributed by atoms with E-state index >= 15 is 0 Å². The van der Waals surface area contributed by atoms with Crippen molar-refractivity contribution in [1.29, 1.82) is 0 Å². The molecule has 0 unspecified atom stereocenters. The van der Waals surface area contributed by atoms with Crippen LogP contribution in [0.1, 0.15) is 13.3 Å². The molecule has 0 spiro atoms. The zero-order valence-electron chi connectivity index (χ0n) is 6.46. The van der Waals surface area contributed by atoms with E-state index in [9.17, 15) is 13.2 Å². The first-order chi connectivity index (χ1) is 4.95. The van der Waals surface area contributed by atoms with E-state index in [0.29, 0.717) is 6.42 Å². The second kappa shape index (κ2) is 4.17. The molecule has 0 atom stereocenters. The summed E-state index contributed by atoms with van der Waals surface area (Å²) in [6.07, 6.45) is 0.631. The molecule has 0 fully saturated rings. The maximum absolute atomic E-state index is 10.5. The number of hydrogen-bond acceptors (Lipinski definition) is 4. The Kier molecular flexibility index (Phi) is 3.88. The number of carbonyl (C=O) groups is 1. The van der Waals surface area contributed by atoms with Gasteiger partial charge in [0.15, 0.2) is 0 Å². The molecule has 0 heterocycles. The molecule has 0 radical (unpaired) electrons. The maximum atomic E-state index is 10.5. The highest BCUT2D eigenvalue weighted by molar-refractivity contribution is 7.89. The monoisotopic (exact) mass is 181 g/mol. The van der Waals surface area contributed by atoms with Crippen molar-refractivity contribution in [2.24, 2.45) is 0 Å². The summed E-state index contributed by atoms with van der Waals surface area (Å²) in [6, 6.07) is 0. The van der Waals surface area contributed by atoms with Crippen LogP contribution in [0.2, 0.25) is 0 Å². The normalized spacial score (nSPS) is 10.7. The molecule has 0 aromatic carbocycles. The van der Waals surface area contributed by atoms with E-state index in [-0.39, 0.29) is 6.61 Å². The Balaban J connectivity index is 3.71. The lowest BCUT2D eigenvalue weighted by Crippen LogP contribution is -2.30. The van der Waals surface area contributed by atoms with E-state index in [4.69, 9.17) is 0 Å². The summed E-state index contributed by atoms with van der Waals surface area (Å²) in [5, 5.41) is 0. The van der Waals surface area contributed by atoms with Crippen molar-refractivity contribution >= 4 is 16.1 Å². The van der Waals surface area contributed by atoms with Crippen LogP contribution in [0.25, 0.3) is 0 Å². The van der Waals surface area contributed by atoms with Gasteiger partial charge in [-0.15, -0.1) is 0 Å². The van der Waals surface area contributed by atoms with Gasteiger partial charge >= 0.3 is 6.09 Å². The third kappa shape index (κ3) is 7.11. The number of carbonyl (C=O) groups excluding carboxylic acids is 1. The van der Waals surface area contributed by atoms with E-state index in [1.54, 1.807) is 4.72 Å². The molecule has 0 aliphatic carbocycles. The molecule has 5 nitrogen and oxygen atoms in total. The molecule has 66 valence electrons. The topological polar surface area (TPSA) is 72.5 Å². The van der Waals surface area contributed by atoms with Crippen LogP contribution in [0.5, 0.6) is 0 Å². The Hall–Kier alpha value is -0.780. The van der Waals surface area contributed by atoms with Gasteiger partial charge in [-0.2, -0.15) is 0 Å². The van der Waals surface area contributed by atoms with E-state index in [0.717, 1.165) is 6.26 Å². The number of amides is 1. The molecular weight excluding hydrogens is 170 g/mol. The second-order valence-corrected chi connectivity index (χ2v) is 3.76. The fraction of sp³-hybridized carbons (Fsp3) is 0.800. The Morgan fingerprint density at radius 2 is 2.09 bits per heavy atom. The van der Waals surface area contributed by atoms with Gasteiger partial charge in [-0.05, 0) is 6.42 Å². The number of rotatable bonds is 3. The molecular formula is C5H11NO4S. The van der Waals surface area contributed by atoms with Gasteiger partial charge in [0.1, 0.15) is 0 Å². The SMILES string of the molecule is CCCOC(=O)NS(C)(=O)=O. The molecule has 11 heavy (non-hydrogen) atoms. The van der Waals surface area contributed by atoms with Gasteiger partial charge in [-0.1, -0.05) is 6.92 Å². The first-order valence-electron chi connectivity index (χ1n) is 3.10. The lowest BCUT2D eigenvalue weighted by molar-refractivity contribution is 0.152. The Bertz CT molecular complexity index is 221. The summed E-state index contributed by atoms with van der Waals surface area (Å²) in [4.78, 5) is 10.5. The summed E-state index contributed by atoms with van der Waals surface area (Å²) in [5.74, 6) is 0. The van der Waals surface area contributed by atoms with Crippen LogP contribution in [0.4, 0.5) is 4.79 Å². The summed E-state index contributed by atoms with van der Waals surface area (Å²) >= 11 is 0. The van der Waals surface area contributed by atoms with Crippen molar-refractivity contribution in [3.05, 3.63) is 0 Å². The predicted molar refractivity (Wildman–Crippen MR) is 39.6 cm³/mol. The molecule has 0 saturated carbocycles. The minimum absolute atomic E-state index is 0.224. The molecule has 0 aromatic rings. The molecule has 0 bridgehead atoms. The second-order valence-electron chi connectivity index (χ2n) is 2.01. The van der Waals surface area contributed by atoms with Gasteiger partial charge < -0.3 is 4.74 Å². The number of nitrogens with one attached hydrogen (secondary N) is 1. The van der Waals surface area contributed by atoms with Crippen molar-refractivity contribution in [3.63, 3.8) is 0 Å². The zero-order chi connectivity index (χ0) is 8.91. The minimum Gasteiger partial charge on any atom is -0.449 e. The summed E-state index contributed by atoms with van der Waals surface area (Å²) in [7, 11) is -3.48. The van der Waals surface area contributed by atoms with Crippen molar-refractivity contribution in [2.75, 3.05) is 12.9 Å². The van der Waals surface area contributed by atoms with Crippen LogP contribution >= 0.6 is 0 Å². The van der Waals surface area contributed by atoms with Crippen LogP contribution in [0.3, 0.4) is 0 Å². The van der Waals surface area contributed by atoms with Gasteiger partial charge in [-0.25, -0.2) is 17.9 Å². The van der Waals surface area contributed by atoms with E-state index in [2.05, 4.69) is 4.74 Å². The van der Waals surface area contributed by atoms with Gasteiger partial charge in [0, 0.05) is 0 Å². The van der Waals surface area contributed by atoms with Crippen molar-refractivity contribution in [3.8, 4) is 0 Å². The molecule has 0 aliphatic rings. The van der Waals surface area contributed by atoms with E-state index in [1.807, 2.05) is 6.92 Å². The number of hydrogen-bond donors (Lipinski definition) is 1. The average molecular weight is 181 g/mol. The van der Waals surface area contributed by atoms with E-state index < -0.39 is 16.1 Å². The first kappa shape index (κ1) is 10.2. The highest BCUT2D eigenvalue weighted by atomic mass is 32.2. The van der Waals surface area contributed by atoms with Crippen molar-refractivity contribution in [1.82, 2.24) is 4.72 Å². The average Bonchev–Trinajstić information content (AvgIpc) is 1.79. The van der Waals surface area contributed by atoms with Gasteiger partial charge in [-0.3, -0.25) is 0 Å². The Labute approximate surface area is 65.8 Å². The Morgan fingerprint density at radius 1 is 1.55 bits per heavy atom. The molecule has 1 amide bonds. The molecule has 0 saturated heterocycles. The minimum atomic E-state index is -3.48. The van der Waals surface area contributed by atoms with Crippen molar-refractivity contribution in [2.45, 2.75) is 13.3 Å². The summed E-state index contributed by atoms with van der Waals surface area (Å²) < 4.78 is 26.9. The largest absolute Gasteiger partial charge is 0.449 e. The van der Waals surface area contributed by atoms with Crippen LogP contribution in [0, 0.1) is 0 Å². The Morgan fingerprint density at radius 3 is 2.45 bits per heavy atom. The third-order valence-corrected chi connectivity index (χ3v) is 1.24. The van der Waals surface area contributed by atoms with Crippen LogP contribution in [-0.2, 0) is 14.8 Å². The van der Waals surface area contributed by atoms with Gasteiger partial charge in [0.25, 0.3) is 0 Å². The van der Waals surface area contributed by atoms with Crippen LogP contribution in [0.15, 0.2) is 0 Å². The van der Waals surface area contributed by atoms with Gasteiger partial charge in [0.2, 0.25) is 10.0 Å². The number of ether oxygens (including phenoxy) is 1. The quantitative estimate of drug-likeness (QED) is 0.669. The fourth-order valence-corrected chi connectivity index (χ4v) is 0.737. The summed E-state index contributed by atoms with van der Waals surface area (Å²) in [6.45, 7) is 2.04. The highest BCUT2D eigenvalue weighted by Crippen LogP contribution is 1.83. The molecule has 0 rings (SSSR count). The fourth-order valence-electron chi connectivity index (χ4n) is 0.376. The number of sulfonamides is 1.